The predicted octanol–water partition coefficient (Wildman–Crippen LogP) is 4.34. The van der Waals surface area contributed by atoms with Crippen LogP contribution in [0, 0.1) is 6.92 Å². The summed E-state index contributed by atoms with van der Waals surface area (Å²) in [5.41, 5.74) is 8.67. The normalized spacial score (nSPS) is 15.5. The van der Waals surface area contributed by atoms with Crippen LogP contribution in [0.3, 0.4) is 0 Å². The summed E-state index contributed by atoms with van der Waals surface area (Å²) in [6.07, 6.45) is 0. The average molecular weight is 445 g/mol. The molecular formula is C20H20N4O4S2. The Morgan fingerprint density at radius 2 is 2.20 bits per heavy atom. The minimum Gasteiger partial charge on any atom is -0.463 e. The summed E-state index contributed by atoms with van der Waals surface area (Å²) in [5.74, 6) is -0.300. The highest BCUT2D eigenvalue weighted by Crippen LogP contribution is 2.51. The maximum atomic E-state index is 12.9. The molecule has 0 spiro atoms. The van der Waals surface area contributed by atoms with Crippen LogP contribution < -0.4 is 16.4 Å². The molecule has 1 aliphatic rings. The van der Waals surface area contributed by atoms with Crippen LogP contribution in [0.25, 0.3) is 0 Å². The fourth-order valence-corrected chi connectivity index (χ4v) is 5.37. The summed E-state index contributed by atoms with van der Waals surface area (Å²) in [7, 11) is 0. The quantitative estimate of drug-likeness (QED) is 0.501. The van der Waals surface area contributed by atoms with Crippen molar-refractivity contribution in [1.82, 2.24) is 5.16 Å². The van der Waals surface area contributed by atoms with Crippen molar-refractivity contribution in [3.63, 3.8) is 0 Å². The number of amides is 1. The Morgan fingerprint density at radius 1 is 1.40 bits per heavy atom. The van der Waals surface area contributed by atoms with Crippen molar-refractivity contribution >= 4 is 51.1 Å². The number of ether oxygens (including phenoxy) is 1. The van der Waals surface area contributed by atoms with Gasteiger partial charge in [0.1, 0.15) is 10.6 Å². The van der Waals surface area contributed by atoms with E-state index in [9.17, 15) is 9.59 Å². The maximum Gasteiger partial charge on any atom is 0.336 e. The number of allylic oxidation sites excluding steroid dienone is 1. The number of nitrogens with one attached hydrogen (secondary N) is 2. The molecule has 0 fully saturated rings. The third-order valence-electron chi connectivity index (χ3n) is 4.66. The Balaban J connectivity index is 1.77. The monoisotopic (exact) mass is 444 g/mol. The Hall–Kier alpha value is -3.11. The van der Waals surface area contributed by atoms with Crippen molar-refractivity contribution in [1.29, 1.82) is 0 Å². The number of fused-ring (bicyclic) bond motifs is 1. The van der Waals surface area contributed by atoms with Gasteiger partial charge in [0.2, 0.25) is 0 Å². The zero-order chi connectivity index (χ0) is 21.4. The fourth-order valence-electron chi connectivity index (χ4n) is 3.42. The van der Waals surface area contributed by atoms with Crippen LogP contribution in [-0.4, -0.2) is 23.6 Å². The van der Waals surface area contributed by atoms with E-state index in [2.05, 4.69) is 15.8 Å². The summed E-state index contributed by atoms with van der Waals surface area (Å²) in [6.45, 7) is 5.59. The van der Waals surface area contributed by atoms with Gasteiger partial charge in [-0.2, -0.15) is 0 Å². The van der Waals surface area contributed by atoms with Crippen LogP contribution in [-0.2, 0) is 9.53 Å². The van der Waals surface area contributed by atoms with Gasteiger partial charge in [-0.15, -0.1) is 22.7 Å². The highest BCUT2D eigenvalue weighted by molar-refractivity contribution is 7.19. The van der Waals surface area contributed by atoms with Crippen molar-refractivity contribution in [3.8, 4) is 0 Å². The largest absolute Gasteiger partial charge is 0.463 e. The lowest BCUT2D eigenvalue weighted by Crippen LogP contribution is -2.23. The number of aromatic nitrogens is 1. The van der Waals surface area contributed by atoms with Crippen molar-refractivity contribution < 1.29 is 18.8 Å². The first-order valence-electron chi connectivity index (χ1n) is 9.25. The van der Waals surface area contributed by atoms with E-state index in [1.54, 1.807) is 19.9 Å². The molecule has 0 radical (unpaired) electrons. The average Bonchev–Trinajstić information content (AvgIpc) is 3.42. The zero-order valence-corrected chi connectivity index (χ0v) is 18.2. The van der Waals surface area contributed by atoms with Gasteiger partial charge in [-0.05, 0) is 32.2 Å². The van der Waals surface area contributed by atoms with Crippen LogP contribution in [0.1, 0.15) is 45.6 Å². The molecule has 3 aromatic rings. The second-order valence-corrected chi connectivity index (χ2v) is 8.70. The SMILES string of the molecule is CCOC(=O)C1=C(C)Nc2sc(C(=O)Nc3cc(C)on3)c(N)c2[C@@H]1c1cccs1. The molecule has 4 heterocycles. The Morgan fingerprint density at radius 3 is 2.83 bits per heavy atom. The molecule has 1 amide bonds. The van der Waals surface area contributed by atoms with Gasteiger partial charge < -0.3 is 25.6 Å². The lowest BCUT2D eigenvalue weighted by atomic mass is 9.86. The molecule has 10 heteroatoms. The molecule has 8 nitrogen and oxygen atoms in total. The second-order valence-electron chi connectivity index (χ2n) is 6.70. The highest BCUT2D eigenvalue weighted by Gasteiger charge is 2.38. The van der Waals surface area contributed by atoms with Gasteiger partial charge in [-0.3, -0.25) is 4.79 Å². The first kappa shape index (κ1) is 20.2. The molecule has 0 aromatic carbocycles. The van der Waals surface area contributed by atoms with Gasteiger partial charge in [-0.25, -0.2) is 4.79 Å². The lowest BCUT2D eigenvalue weighted by Gasteiger charge is -2.27. The number of aryl methyl sites for hydroxylation is 1. The summed E-state index contributed by atoms with van der Waals surface area (Å²) in [4.78, 5) is 26.9. The van der Waals surface area contributed by atoms with Crippen LogP contribution >= 0.6 is 22.7 Å². The topological polar surface area (TPSA) is 119 Å². The van der Waals surface area contributed by atoms with Gasteiger partial charge in [-0.1, -0.05) is 11.2 Å². The van der Waals surface area contributed by atoms with Crippen LogP contribution in [0.4, 0.5) is 16.5 Å². The number of thiophene rings is 2. The van der Waals surface area contributed by atoms with Crippen molar-refractivity contribution in [2.24, 2.45) is 0 Å². The number of nitrogen functional groups attached to an aromatic ring is 1. The van der Waals surface area contributed by atoms with E-state index in [0.29, 0.717) is 39.0 Å². The molecule has 156 valence electrons. The van der Waals surface area contributed by atoms with Crippen LogP contribution in [0.5, 0.6) is 0 Å². The number of hydrogen-bond donors (Lipinski definition) is 3. The molecule has 0 saturated heterocycles. The summed E-state index contributed by atoms with van der Waals surface area (Å²) in [5, 5.41) is 12.4. The molecule has 1 aliphatic heterocycles. The molecule has 0 aliphatic carbocycles. The summed E-state index contributed by atoms with van der Waals surface area (Å²) < 4.78 is 10.3. The summed E-state index contributed by atoms with van der Waals surface area (Å²) in [6, 6.07) is 5.49. The minimum absolute atomic E-state index is 0.267. The number of nitrogens with zero attached hydrogens (tertiary/aromatic N) is 1. The highest BCUT2D eigenvalue weighted by atomic mass is 32.1. The van der Waals surface area contributed by atoms with E-state index in [1.165, 1.54) is 22.7 Å². The fraction of sp³-hybridized carbons (Fsp3) is 0.250. The molecule has 0 bridgehead atoms. The number of carbonyl (C=O) groups excluding carboxylic acids is 2. The molecule has 0 saturated carbocycles. The first-order valence-corrected chi connectivity index (χ1v) is 11.0. The number of nitrogens with two attached hydrogens (primary N) is 1. The van der Waals surface area contributed by atoms with Gasteiger partial charge in [0, 0.05) is 22.2 Å². The third-order valence-corrected chi connectivity index (χ3v) is 6.74. The van der Waals surface area contributed by atoms with Crippen molar-refractivity contribution in [3.05, 3.63) is 55.9 Å². The standard InChI is InChI=1S/C20H20N4O4S2/c1-4-27-20(26)13-10(3)22-19-15(14(13)11-6-5-7-29-11)16(21)17(30-19)18(25)23-12-8-9(2)28-24-12/h5-8,14,22H,4,21H2,1-3H3,(H,23,24,25)/t14-/m1/s1. The molecule has 30 heavy (non-hydrogen) atoms. The van der Waals surface area contributed by atoms with Crippen LogP contribution in [0.15, 0.2) is 39.4 Å². The number of anilines is 3. The van der Waals surface area contributed by atoms with Crippen molar-refractivity contribution in [2.75, 3.05) is 23.0 Å². The van der Waals surface area contributed by atoms with Crippen molar-refractivity contribution in [2.45, 2.75) is 26.7 Å². The van der Waals surface area contributed by atoms with E-state index in [-0.39, 0.29) is 12.5 Å². The smallest absolute Gasteiger partial charge is 0.336 e. The summed E-state index contributed by atoms with van der Waals surface area (Å²) >= 11 is 2.76. The third kappa shape index (κ3) is 3.48. The molecular weight excluding hydrogens is 424 g/mol. The van der Waals surface area contributed by atoms with E-state index < -0.39 is 11.9 Å². The molecule has 4 rings (SSSR count). The maximum absolute atomic E-state index is 12.9. The molecule has 1 atom stereocenters. The minimum atomic E-state index is -0.410. The number of esters is 1. The first-order chi connectivity index (χ1) is 14.4. The van der Waals surface area contributed by atoms with E-state index in [1.807, 2.05) is 24.4 Å². The van der Waals surface area contributed by atoms with E-state index >= 15 is 0 Å². The van der Waals surface area contributed by atoms with Gasteiger partial charge in [0.05, 0.1) is 28.8 Å². The number of hydrogen-bond acceptors (Lipinski definition) is 9. The van der Waals surface area contributed by atoms with Gasteiger partial charge in [0.25, 0.3) is 5.91 Å². The van der Waals surface area contributed by atoms with Crippen LogP contribution in [0.2, 0.25) is 0 Å². The zero-order valence-electron chi connectivity index (χ0n) is 16.6. The van der Waals surface area contributed by atoms with Gasteiger partial charge in [0.15, 0.2) is 5.82 Å². The van der Waals surface area contributed by atoms with E-state index in [0.717, 1.165) is 9.88 Å². The second kappa shape index (κ2) is 7.96. The predicted molar refractivity (Wildman–Crippen MR) is 117 cm³/mol. The molecule has 0 unspecified atom stereocenters. The lowest BCUT2D eigenvalue weighted by molar-refractivity contribution is -0.138. The molecule has 3 aromatic heterocycles. The van der Waals surface area contributed by atoms with Gasteiger partial charge >= 0.3 is 5.97 Å². The number of carbonyl (C=O) groups is 2. The molecule has 4 N–H and O–H groups in total. The number of rotatable bonds is 5. The Kier molecular flexibility index (Phi) is 5.35. The Labute approximate surface area is 180 Å². The van der Waals surface area contributed by atoms with E-state index in [4.69, 9.17) is 15.0 Å². The Bertz CT molecular complexity index is 1140.